The predicted molar refractivity (Wildman–Crippen MR) is 77.4 cm³/mol. The van der Waals surface area contributed by atoms with E-state index in [2.05, 4.69) is 5.32 Å². The van der Waals surface area contributed by atoms with Gasteiger partial charge >= 0.3 is 0 Å². The molecule has 1 aromatic rings. The summed E-state index contributed by atoms with van der Waals surface area (Å²) >= 11 is 0. The van der Waals surface area contributed by atoms with Gasteiger partial charge in [0.05, 0.1) is 0 Å². The van der Waals surface area contributed by atoms with Gasteiger partial charge in [0.1, 0.15) is 11.8 Å². The lowest BCUT2D eigenvalue weighted by Gasteiger charge is -2.29. The third kappa shape index (κ3) is 3.01. The number of phenolic OH excluding ortho intramolecular Hbond substituents is 1. The summed E-state index contributed by atoms with van der Waals surface area (Å²) in [6.45, 7) is 2.38. The third-order valence-corrected chi connectivity index (χ3v) is 4.26. The molecule has 2 aliphatic rings. The zero-order valence-corrected chi connectivity index (χ0v) is 12.1. The average molecular weight is 288 g/mol. The summed E-state index contributed by atoms with van der Waals surface area (Å²) in [6, 6.07) is 6.37. The number of rotatable bonds is 3. The van der Waals surface area contributed by atoms with Crippen molar-refractivity contribution in [3.05, 3.63) is 29.8 Å². The van der Waals surface area contributed by atoms with Crippen LogP contribution in [0.2, 0.25) is 0 Å². The molecular formula is C16H20N2O3. The van der Waals surface area contributed by atoms with E-state index in [9.17, 15) is 14.7 Å². The molecular weight excluding hydrogens is 268 g/mol. The van der Waals surface area contributed by atoms with Gasteiger partial charge in [0.25, 0.3) is 0 Å². The number of nitrogens with one attached hydrogen (secondary N) is 1. The van der Waals surface area contributed by atoms with Gasteiger partial charge in [-0.3, -0.25) is 9.59 Å². The van der Waals surface area contributed by atoms with E-state index < -0.39 is 0 Å². The molecule has 112 valence electrons. The highest BCUT2D eigenvalue weighted by Gasteiger charge is 2.42. The van der Waals surface area contributed by atoms with Gasteiger partial charge in [-0.05, 0) is 43.4 Å². The number of amides is 2. The molecule has 0 radical (unpaired) electrons. The van der Waals surface area contributed by atoms with Gasteiger partial charge in [0.15, 0.2) is 0 Å². The normalized spacial score (nSPS) is 26.4. The van der Waals surface area contributed by atoms with Crippen LogP contribution in [0.15, 0.2) is 24.3 Å². The van der Waals surface area contributed by atoms with Crippen molar-refractivity contribution < 1.29 is 14.7 Å². The van der Waals surface area contributed by atoms with E-state index in [1.165, 1.54) is 0 Å². The fourth-order valence-corrected chi connectivity index (χ4v) is 2.85. The number of hydrogen-bond acceptors (Lipinski definition) is 3. The molecule has 1 saturated heterocycles. The van der Waals surface area contributed by atoms with E-state index in [0.29, 0.717) is 18.9 Å². The molecule has 2 fully saturated rings. The fourth-order valence-electron chi connectivity index (χ4n) is 2.85. The first kappa shape index (κ1) is 13.9. The summed E-state index contributed by atoms with van der Waals surface area (Å²) < 4.78 is 0. The van der Waals surface area contributed by atoms with E-state index in [1.54, 1.807) is 17.0 Å². The number of nitrogens with zero attached hydrogens (tertiary/aromatic N) is 1. The van der Waals surface area contributed by atoms with Gasteiger partial charge in [-0.1, -0.05) is 12.1 Å². The van der Waals surface area contributed by atoms with Gasteiger partial charge < -0.3 is 15.3 Å². The highest BCUT2D eigenvalue weighted by molar-refractivity contribution is 5.91. The fraction of sp³-hybridized carbons (Fsp3) is 0.500. The highest BCUT2D eigenvalue weighted by Crippen LogP contribution is 2.35. The van der Waals surface area contributed by atoms with Crippen LogP contribution in [-0.4, -0.2) is 33.9 Å². The van der Waals surface area contributed by atoms with E-state index in [4.69, 9.17) is 0 Å². The Labute approximate surface area is 123 Å². The van der Waals surface area contributed by atoms with E-state index in [0.717, 1.165) is 18.4 Å². The largest absolute Gasteiger partial charge is 0.508 e. The van der Waals surface area contributed by atoms with Crippen molar-refractivity contribution in [3.63, 3.8) is 0 Å². The molecule has 0 spiro atoms. The van der Waals surface area contributed by atoms with Crippen molar-refractivity contribution in [1.29, 1.82) is 0 Å². The van der Waals surface area contributed by atoms with E-state index >= 15 is 0 Å². The zero-order chi connectivity index (χ0) is 15.0. The van der Waals surface area contributed by atoms with Gasteiger partial charge in [-0.25, -0.2) is 0 Å². The Bertz CT molecular complexity index is 551. The van der Waals surface area contributed by atoms with Crippen LogP contribution in [0.25, 0.3) is 0 Å². The molecule has 0 aromatic heterocycles. The molecule has 3 rings (SSSR count). The lowest BCUT2D eigenvalue weighted by molar-refractivity contribution is -0.136. The molecule has 2 atom stereocenters. The summed E-state index contributed by atoms with van der Waals surface area (Å²) in [5.74, 6) is 0.487. The van der Waals surface area contributed by atoms with Gasteiger partial charge in [0.2, 0.25) is 11.8 Å². The van der Waals surface area contributed by atoms with Crippen molar-refractivity contribution in [2.45, 2.75) is 44.8 Å². The lowest BCUT2D eigenvalue weighted by Crippen LogP contribution is -2.47. The molecule has 1 aliphatic carbocycles. The number of benzene rings is 1. The van der Waals surface area contributed by atoms with Crippen LogP contribution in [0, 0.1) is 5.92 Å². The summed E-state index contributed by atoms with van der Waals surface area (Å²) in [5, 5.41) is 12.2. The number of hydrogen-bond donors (Lipinski definition) is 2. The first-order chi connectivity index (χ1) is 10.0. The summed E-state index contributed by atoms with van der Waals surface area (Å²) in [5.41, 5.74) is 0.955. The molecule has 1 aromatic carbocycles. The maximum absolute atomic E-state index is 12.7. The van der Waals surface area contributed by atoms with Crippen LogP contribution < -0.4 is 5.32 Å². The number of phenols is 1. The van der Waals surface area contributed by atoms with Crippen LogP contribution >= 0.6 is 0 Å². The molecule has 5 nitrogen and oxygen atoms in total. The molecule has 5 heteroatoms. The van der Waals surface area contributed by atoms with Crippen LogP contribution in [0.5, 0.6) is 5.75 Å². The molecule has 21 heavy (non-hydrogen) atoms. The first-order valence-corrected chi connectivity index (χ1v) is 7.42. The second-order valence-electron chi connectivity index (χ2n) is 6.07. The Hall–Kier alpha value is -2.04. The zero-order valence-electron chi connectivity index (χ0n) is 12.1. The number of aromatic hydroxyl groups is 1. The van der Waals surface area contributed by atoms with Crippen molar-refractivity contribution in [2.75, 3.05) is 0 Å². The highest BCUT2D eigenvalue weighted by atomic mass is 16.3. The second kappa shape index (κ2) is 5.39. The standard InChI is InChI=1S/C16H20N2O3/c1-10-8-14(20)17-15(12-4-5-12)16(21)18(10)9-11-2-6-13(19)7-3-11/h2-3,6-7,10,12,15,19H,4-5,8-9H2,1H3,(H,17,20). The van der Waals surface area contributed by atoms with Crippen LogP contribution in [-0.2, 0) is 16.1 Å². The smallest absolute Gasteiger partial charge is 0.245 e. The predicted octanol–water partition coefficient (Wildman–Crippen LogP) is 1.41. The Kier molecular flexibility index (Phi) is 3.57. The number of carbonyl (C=O) groups is 2. The van der Waals surface area contributed by atoms with Crippen molar-refractivity contribution in [1.82, 2.24) is 10.2 Å². The van der Waals surface area contributed by atoms with Crippen molar-refractivity contribution in [2.24, 2.45) is 5.92 Å². The summed E-state index contributed by atoms with van der Waals surface area (Å²) in [4.78, 5) is 26.4. The SMILES string of the molecule is CC1CC(=O)NC(C2CC2)C(=O)N1Cc1ccc(O)cc1. The quantitative estimate of drug-likeness (QED) is 0.883. The molecule has 1 saturated carbocycles. The Morgan fingerprint density at radius 1 is 1.24 bits per heavy atom. The number of carbonyl (C=O) groups excluding carboxylic acids is 2. The average Bonchev–Trinajstić information content (AvgIpc) is 3.27. The Morgan fingerprint density at radius 3 is 2.52 bits per heavy atom. The minimum atomic E-state index is -0.362. The maximum Gasteiger partial charge on any atom is 0.245 e. The molecule has 2 N–H and O–H groups in total. The maximum atomic E-state index is 12.7. The monoisotopic (exact) mass is 288 g/mol. The van der Waals surface area contributed by atoms with Crippen molar-refractivity contribution in [3.8, 4) is 5.75 Å². The third-order valence-electron chi connectivity index (χ3n) is 4.26. The molecule has 1 heterocycles. The minimum absolute atomic E-state index is 0.0175. The summed E-state index contributed by atoms with van der Waals surface area (Å²) in [6.07, 6.45) is 2.36. The lowest BCUT2D eigenvalue weighted by atomic mass is 10.1. The Morgan fingerprint density at radius 2 is 1.90 bits per heavy atom. The minimum Gasteiger partial charge on any atom is -0.508 e. The Balaban J connectivity index is 1.81. The van der Waals surface area contributed by atoms with Gasteiger partial charge in [-0.15, -0.1) is 0 Å². The molecule has 2 amide bonds. The topological polar surface area (TPSA) is 69.6 Å². The van der Waals surface area contributed by atoms with Crippen LogP contribution in [0.1, 0.15) is 31.7 Å². The summed E-state index contributed by atoms with van der Waals surface area (Å²) in [7, 11) is 0. The molecule has 0 bridgehead atoms. The molecule has 2 unspecified atom stereocenters. The molecule has 1 aliphatic heterocycles. The van der Waals surface area contributed by atoms with Gasteiger partial charge in [0, 0.05) is 19.0 Å². The van der Waals surface area contributed by atoms with Crippen LogP contribution in [0.3, 0.4) is 0 Å². The van der Waals surface area contributed by atoms with E-state index in [-0.39, 0.29) is 29.6 Å². The first-order valence-electron chi connectivity index (χ1n) is 7.42. The van der Waals surface area contributed by atoms with Crippen LogP contribution in [0.4, 0.5) is 0 Å². The van der Waals surface area contributed by atoms with Crippen molar-refractivity contribution >= 4 is 11.8 Å². The van der Waals surface area contributed by atoms with E-state index in [1.807, 2.05) is 19.1 Å². The second-order valence-corrected chi connectivity index (χ2v) is 6.07. The van der Waals surface area contributed by atoms with Gasteiger partial charge in [-0.2, -0.15) is 0 Å².